The van der Waals surface area contributed by atoms with Crippen LogP contribution in [0.1, 0.15) is 10.4 Å². The fourth-order valence-corrected chi connectivity index (χ4v) is 1.11. The smallest absolute Gasteiger partial charge is 0.337 e. The number of hydrogen-bond acceptors (Lipinski definition) is 2. The van der Waals surface area contributed by atoms with Gasteiger partial charge in [-0.1, -0.05) is 11.6 Å². The molecule has 0 aliphatic heterocycles. The van der Waals surface area contributed by atoms with E-state index >= 15 is 0 Å². The van der Waals surface area contributed by atoms with Crippen molar-refractivity contribution < 1.29 is 9.90 Å². The second-order valence-electron chi connectivity index (χ2n) is 1.77. The van der Waals surface area contributed by atoms with Gasteiger partial charge in [0.25, 0.3) is 0 Å². The summed E-state index contributed by atoms with van der Waals surface area (Å²) in [6.45, 7) is 0. The van der Waals surface area contributed by atoms with Crippen molar-refractivity contribution in [3.05, 3.63) is 27.5 Å². The third kappa shape index (κ3) is 1.70. The molecule has 0 saturated heterocycles. The molecule has 58 valence electrons. The Hall–Kier alpha value is -0.610. The van der Waals surface area contributed by atoms with Crippen LogP contribution in [0.25, 0.3) is 0 Å². The van der Waals surface area contributed by atoms with Crippen molar-refractivity contribution in [2.24, 2.45) is 0 Å². The normalized spacial score (nSPS) is 9.64. The van der Waals surface area contributed by atoms with Gasteiger partial charge in [-0.05, 0) is 22.0 Å². The Morgan fingerprint density at radius 2 is 2.36 bits per heavy atom. The van der Waals surface area contributed by atoms with Crippen molar-refractivity contribution in [2.45, 2.75) is 0 Å². The fraction of sp³-hybridized carbons (Fsp3) is 0. The zero-order chi connectivity index (χ0) is 8.43. The predicted molar refractivity (Wildman–Crippen MR) is 43.9 cm³/mol. The summed E-state index contributed by atoms with van der Waals surface area (Å²) in [7, 11) is 0. The second-order valence-corrected chi connectivity index (χ2v) is 2.90. The van der Waals surface area contributed by atoms with Crippen molar-refractivity contribution in [1.82, 2.24) is 4.98 Å². The van der Waals surface area contributed by atoms with Gasteiger partial charge in [0.1, 0.15) is 4.60 Å². The largest absolute Gasteiger partial charge is 0.478 e. The van der Waals surface area contributed by atoms with Crippen LogP contribution in [-0.4, -0.2) is 16.1 Å². The fourth-order valence-electron chi connectivity index (χ4n) is 0.583. The molecular formula is C6H3BrClNO2. The van der Waals surface area contributed by atoms with Crippen molar-refractivity contribution in [1.29, 1.82) is 0 Å². The van der Waals surface area contributed by atoms with E-state index in [1.165, 1.54) is 12.3 Å². The van der Waals surface area contributed by atoms with Gasteiger partial charge in [-0.15, -0.1) is 0 Å². The van der Waals surface area contributed by atoms with Gasteiger partial charge in [-0.3, -0.25) is 0 Å². The van der Waals surface area contributed by atoms with E-state index in [2.05, 4.69) is 20.9 Å². The summed E-state index contributed by atoms with van der Waals surface area (Å²) in [5.41, 5.74) is 0.0496. The van der Waals surface area contributed by atoms with Gasteiger partial charge < -0.3 is 5.11 Å². The maximum atomic E-state index is 10.4. The topological polar surface area (TPSA) is 50.2 Å². The second kappa shape index (κ2) is 3.19. The van der Waals surface area contributed by atoms with Crippen molar-refractivity contribution in [3.8, 4) is 0 Å². The van der Waals surface area contributed by atoms with Crippen molar-refractivity contribution >= 4 is 33.5 Å². The van der Waals surface area contributed by atoms with Gasteiger partial charge in [0.05, 0.1) is 10.6 Å². The standard InChI is InChI=1S/C6H3BrClNO2/c7-5-4(8)3(6(10)11)1-2-9-5/h1-2H,(H,10,11). The zero-order valence-corrected chi connectivity index (χ0v) is 7.56. The number of pyridine rings is 1. The quantitative estimate of drug-likeness (QED) is 0.761. The van der Waals surface area contributed by atoms with Gasteiger partial charge in [0.2, 0.25) is 0 Å². The number of nitrogens with zero attached hydrogens (tertiary/aromatic N) is 1. The summed E-state index contributed by atoms with van der Waals surface area (Å²) in [4.78, 5) is 14.2. The van der Waals surface area contributed by atoms with Crippen molar-refractivity contribution in [2.75, 3.05) is 0 Å². The minimum Gasteiger partial charge on any atom is -0.478 e. The summed E-state index contributed by atoms with van der Waals surface area (Å²) in [6.07, 6.45) is 1.37. The average molecular weight is 236 g/mol. The predicted octanol–water partition coefficient (Wildman–Crippen LogP) is 2.20. The van der Waals surface area contributed by atoms with Crippen molar-refractivity contribution in [3.63, 3.8) is 0 Å². The first-order valence-corrected chi connectivity index (χ1v) is 3.83. The number of hydrogen-bond donors (Lipinski definition) is 1. The van der Waals surface area contributed by atoms with Crippen LogP contribution in [0.2, 0.25) is 5.02 Å². The molecule has 5 heteroatoms. The molecule has 0 unspecified atom stereocenters. The molecule has 0 radical (unpaired) electrons. The number of rotatable bonds is 1. The van der Waals surface area contributed by atoms with Crippen LogP contribution < -0.4 is 0 Å². The van der Waals surface area contributed by atoms with Crippen LogP contribution in [0.15, 0.2) is 16.9 Å². The van der Waals surface area contributed by atoms with Gasteiger partial charge in [-0.25, -0.2) is 9.78 Å². The van der Waals surface area contributed by atoms with Crippen LogP contribution in [0.5, 0.6) is 0 Å². The highest BCUT2D eigenvalue weighted by Gasteiger charge is 2.10. The van der Waals surface area contributed by atoms with E-state index in [0.29, 0.717) is 4.60 Å². The molecule has 0 atom stereocenters. The summed E-state index contributed by atoms with van der Waals surface area (Å²) >= 11 is 8.61. The van der Waals surface area contributed by atoms with Crippen LogP contribution >= 0.6 is 27.5 Å². The van der Waals surface area contributed by atoms with Crippen LogP contribution in [-0.2, 0) is 0 Å². The monoisotopic (exact) mass is 235 g/mol. The van der Waals surface area contributed by atoms with Gasteiger partial charge >= 0.3 is 5.97 Å². The SMILES string of the molecule is O=C(O)c1ccnc(Br)c1Cl. The number of halogens is 2. The minimum absolute atomic E-state index is 0.0496. The van der Waals surface area contributed by atoms with E-state index in [-0.39, 0.29) is 10.6 Å². The lowest BCUT2D eigenvalue weighted by Crippen LogP contribution is -1.98. The Kier molecular flexibility index (Phi) is 2.46. The molecular weight excluding hydrogens is 233 g/mol. The van der Waals surface area contributed by atoms with E-state index in [4.69, 9.17) is 16.7 Å². The highest BCUT2D eigenvalue weighted by Crippen LogP contribution is 2.23. The number of aromatic nitrogens is 1. The summed E-state index contributed by atoms with van der Waals surface area (Å²) < 4.78 is 0.346. The first-order valence-electron chi connectivity index (χ1n) is 2.66. The Morgan fingerprint density at radius 1 is 1.73 bits per heavy atom. The van der Waals surface area contributed by atoms with E-state index in [9.17, 15) is 4.79 Å². The molecule has 0 spiro atoms. The van der Waals surface area contributed by atoms with E-state index < -0.39 is 5.97 Å². The Labute approximate surface area is 76.1 Å². The Morgan fingerprint density at radius 3 is 2.82 bits per heavy atom. The zero-order valence-electron chi connectivity index (χ0n) is 5.21. The summed E-state index contributed by atoms with van der Waals surface area (Å²) in [6, 6.07) is 1.34. The molecule has 0 aliphatic rings. The average Bonchev–Trinajstić information content (AvgIpc) is 1.94. The van der Waals surface area contributed by atoms with E-state index in [0.717, 1.165) is 0 Å². The molecule has 0 bridgehead atoms. The molecule has 3 nitrogen and oxygen atoms in total. The number of carboxylic acids is 1. The molecule has 1 rings (SSSR count). The van der Waals surface area contributed by atoms with Crippen LogP contribution in [0.3, 0.4) is 0 Å². The molecule has 1 aromatic rings. The van der Waals surface area contributed by atoms with Gasteiger partial charge in [0.15, 0.2) is 0 Å². The third-order valence-corrected chi connectivity index (χ3v) is 2.29. The maximum absolute atomic E-state index is 10.4. The summed E-state index contributed by atoms with van der Waals surface area (Å²) in [5.74, 6) is -1.06. The lowest BCUT2D eigenvalue weighted by Gasteiger charge is -1.97. The first kappa shape index (κ1) is 8.49. The van der Waals surface area contributed by atoms with E-state index in [1.54, 1.807) is 0 Å². The Bertz CT molecular complexity index is 303. The molecule has 11 heavy (non-hydrogen) atoms. The molecule has 0 saturated carbocycles. The third-order valence-electron chi connectivity index (χ3n) is 1.08. The maximum Gasteiger partial charge on any atom is 0.337 e. The molecule has 0 fully saturated rings. The first-order chi connectivity index (χ1) is 5.13. The lowest BCUT2D eigenvalue weighted by molar-refractivity contribution is 0.0697. The molecule has 0 amide bonds. The molecule has 0 aromatic carbocycles. The molecule has 1 heterocycles. The van der Waals surface area contributed by atoms with Gasteiger partial charge in [0, 0.05) is 6.20 Å². The molecule has 1 N–H and O–H groups in total. The van der Waals surface area contributed by atoms with Crippen LogP contribution in [0, 0.1) is 0 Å². The summed E-state index contributed by atoms with van der Waals surface area (Å²) in [5, 5.41) is 8.68. The minimum atomic E-state index is -1.06. The molecule has 1 aromatic heterocycles. The van der Waals surface area contributed by atoms with Crippen LogP contribution in [0.4, 0.5) is 0 Å². The number of carbonyl (C=O) groups is 1. The highest BCUT2D eigenvalue weighted by atomic mass is 79.9. The Balaban J connectivity index is 3.27. The molecule has 0 aliphatic carbocycles. The number of carboxylic acid groups (broad SMARTS) is 1. The van der Waals surface area contributed by atoms with Gasteiger partial charge in [-0.2, -0.15) is 0 Å². The lowest BCUT2D eigenvalue weighted by atomic mass is 10.3. The number of aromatic carboxylic acids is 1. The highest BCUT2D eigenvalue weighted by molar-refractivity contribution is 9.10. The van der Waals surface area contributed by atoms with E-state index in [1.807, 2.05) is 0 Å².